The maximum absolute atomic E-state index is 6.26. The first-order valence-corrected chi connectivity index (χ1v) is 10.3. The van der Waals surface area contributed by atoms with E-state index in [1.807, 2.05) is 36.5 Å². The molecule has 2 aromatic heterocycles. The van der Waals surface area contributed by atoms with E-state index >= 15 is 0 Å². The molecule has 0 bridgehead atoms. The molecule has 0 saturated carbocycles. The number of benzene rings is 2. The third-order valence-electron chi connectivity index (χ3n) is 5.45. The zero-order valence-corrected chi connectivity index (χ0v) is 17.5. The van der Waals surface area contributed by atoms with Gasteiger partial charge in [0.05, 0.1) is 12.6 Å². The van der Waals surface area contributed by atoms with E-state index < -0.39 is 0 Å². The minimum Gasteiger partial charge on any atom is -0.493 e. The van der Waals surface area contributed by atoms with Gasteiger partial charge in [-0.25, -0.2) is 0 Å². The van der Waals surface area contributed by atoms with E-state index in [9.17, 15) is 0 Å². The highest BCUT2D eigenvalue weighted by molar-refractivity contribution is 6.31. The molecule has 1 aliphatic rings. The summed E-state index contributed by atoms with van der Waals surface area (Å²) in [7, 11) is 1.69. The summed E-state index contributed by atoms with van der Waals surface area (Å²) < 4.78 is 13.9. The molecule has 5 nitrogen and oxygen atoms in total. The summed E-state index contributed by atoms with van der Waals surface area (Å²) in [5.74, 6) is 1.57. The minimum absolute atomic E-state index is 0.616. The van der Waals surface area contributed by atoms with Crippen LogP contribution in [0.3, 0.4) is 0 Å². The molecule has 152 valence electrons. The Labute approximate surface area is 180 Å². The highest BCUT2D eigenvalue weighted by atomic mass is 35.5. The van der Waals surface area contributed by atoms with Crippen LogP contribution in [-0.4, -0.2) is 34.7 Å². The van der Waals surface area contributed by atoms with Crippen LogP contribution in [-0.2, 0) is 13.1 Å². The summed E-state index contributed by atoms with van der Waals surface area (Å²) >= 11 is 6.26. The van der Waals surface area contributed by atoms with Crippen molar-refractivity contribution >= 4 is 22.5 Å². The maximum atomic E-state index is 6.26. The van der Waals surface area contributed by atoms with Crippen LogP contribution in [0.1, 0.15) is 11.1 Å². The van der Waals surface area contributed by atoms with Crippen LogP contribution in [0.5, 0.6) is 11.5 Å². The van der Waals surface area contributed by atoms with Crippen LogP contribution in [0.2, 0.25) is 5.02 Å². The summed E-state index contributed by atoms with van der Waals surface area (Å²) in [5, 5.41) is 1.86. The van der Waals surface area contributed by atoms with E-state index in [1.165, 1.54) is 5.56 Å². The largest absolute Gasteiger partial charge is 0.493 e. The summed E-state index contributed by atoms with van der Waals surface area (Å²) in [6.45, 7) is 3.05. The van der Waals surface area contributed by atoms with Gasteiger partial charge in [0.2, 0.25) is 0 Å². The number of pyridine rings is 1. The minimum atomic E-state index is 0.616. The van der Waals surface area contributed by atoms with E-state index in [2.05, 4.69) is 38.8 Å². The standard InChI is InChI=1S/C24H22ClN3O2/c1-29-23-13-21(28-8-6-18-4-5-20(25)12-22(18)28)11-19-16-27(9-10-30-24(19)23)15-17-3-2-7-26-14-17/h2-8,11-14H,9-10,15-16H2,1H3. The predicted octanol–water partition coefficient (Wildman–Crippen LogP) is 5.08. The molecular weight excluding hydrogens is 398 g/mol. The molecule has 30 heavy (non-hydrogen) atoms. The Kier molecular flexibility index (Phi) is 5.07. The fourth-order valence-corrected chi connectivity index (χ4v) is 4.19. The molecule has 1 aliphatic heterocycles. The van der Waals surface area contributed by atoms with Gasteiger partial charge in [-0.3, -0.25) is 9.88 Å². The quantitative estimate of drug-likeness (QED) is 0.462. The molecule has 0 aliphatic carbocycles. The Balaban J connectivity index is 1.55. The summed E-state index contributed by atoms with van der Waals surface area (Å²) in [5.41, 5.74) is 4.38. The van der Waals surface area contributed by atoms with E-state index in [0.29, 0.717) is 6.61 Å². The number of aromatic nitrogens is 2. The van der Waals surface area contributed by atoms with Gasteiger partial charge in [-0.15, -0.1) is 0 Å². The van der Waals surface area contributed by atoms with Gasteiger partial charge in [0.1, 0.15) is 6.61 Å². The normalized spacial score (nSPS) is 14.2. The monoisotopic (exact) mass is 419 g/mol. The van der Waals surface area contributed by atoms with Crippen molar-refractivity contribution in [3.8, 4) is 17.2 Å². The number of fused-ring (bicyclic) bond motifs is 2. The average Bonchev–Trinajstić information content (AvgIpc) is 3.06. The van der Waals surface area contributed by atoms with Crippen LogP contribution in [0.15, 0.2) is 67.1 Å². The van der Waals surface area contributed by atoms with Crippen molar-refractivity contribution in [2.75, 3.05) is 20.3 Å². The van der Waals surface area contributed by atoms with E-state index in [1.54, 1.807) is 13.3 Å². The van der Waals surface area contributed by atoms with Gasteiger partial charge in [-0.05, 0) is 35.9 Å². The maximum Gasteiger partial charge on any atom is 0.165 e. The Bertz CT molecular complexity index is 1190. The van der Waals surface area contributed by atoms with Crippen molar-refractivity contribution in [2.24, 2.45) is 0 Å². The van der Waals surface area contributed by atoms with Crippen molar-refractivity contribution in [3.63, 3.8) is 0 Å². The number of methoxy groups -OCH3 is 1. The van der Waals surface area contributed by atoms with Gasteiger partial charge >= 0.3 is 0 Å². The fraction of sp³-hybridized carbons (Fsp3) is 0.208. The first kappa shape index (κ1) is 19.0. The van der Waals surface area contributed by atoms with Gasteiger partial charge < -0.3 is 14.0 Å². The predicted molar refractivity (Wildman–Crippen MR) is 119 cm³/mol. The van der Waals surface area contributed by atoms with Crippen LogP contribution < -0.4 is 9.47 Å². The van der Waals surface area contributed by atoms with Crippen molar-refractivity contribution in [2.45, 2.75) is 13.1 Å². The molecule has 3 heterocycles. The Morgan fingerprint density at radius 1 is 1.17 bits per heavy atom. The number of rotatable bonds is 4. The van der Waals surface area contributed by atoms with E-state index in [0.717, 1.165) is 58.3 Å². The number of nitrogens with zero attached hydrogens (tertiary/aromatic N) is 3. The lowest BCUT2D eigenvalue weighted by Crippen LogP contribution is -2.25. The first-order chi connectivity index (χ1) is 14.7. The first-order valence-electron chi connectivity index (χ1n) is 9.93. The van der Waals surface area contributed by atoms with E-state index in [-0.39, 0.29) is 0 Å². The summed E-state index contributed by atoms with van der Waals surface area (Å²) in [6, 6.07) is 16.3. The summed E-state index contributed by atoms with van der Waals surface area (Å²) in [6.07, 6.45) is 5.78. The van der Waals surface area contributed by atoms with Crippen molar-refractivity contribution < 1.29 is 9.47 Å². The molecule has 0 unspecified atom stereocenters. The zero-order chi connectivity index (χ0) is 20.5. The highest BCUT2D eigenvalue weighted by Crippen LogP contribution is 2.37. The van der Waals surface area contributed by atoms with Crippen LogP contribution in [0.25, 0.3) is 16.6 Å². The number of hydrogen-bond donors (Lipinski definition) is 0. The lowest BCUT2D eigenvalue weighted by atomic mass is 10.1. The number of ether oxygens (including phenoxy) is 2. The molecule has 0 saturated heterocycles. The second kappa shape index (κ2) is 8.01. The molecule has 0 radical (unpaired) electrons. The van der Waals surface area contributed by atoms with Gasteiger partial charge in [0.15, 0.2) is 11.5 Å². The topological polar surface area (TPSA) is 39.5 Å². The second-order valence-corrected chi connectivity index (χ2v) is 7.88. The van der Waals surface area contributed by atoms with Gasteiger partial charge in [0, 0.05) is 66.0 Å². The van der Waals surface area contributed by atoms with Gasteiger partial charge in [-0.2, -0.15) is 0 Å². The molecule has 4 aromatic rings. The molecule has 0 N–H and O–H groups in total. The van der Waals surface area contributed by atoms with Crippen LogP contribution in [0, 0.1) is 0 Å². The molecule has 0 atom stereocenters. The smallest absolute Gasteiger partial charge is 0.165 e. The van der Waals surface area contributed by atoms with E-state index in [4.69, 9.17) is 21.1 Å². The molecule has 2 aromatic carbocycles. The molecule has 5 rings (SSSR count). The number of halogens is 1. The Morgan fingerprint density at radius 3 is 2.93 bits per heavy atom. The van der Waals surface area contributed by atoms with Crippen LogP contribution >= 0.6 is 11.6 Å². The molecule has 6 heteroatoms. The Morgan fingerprint density at radius 2 is 2.10 bits per heavy atom. The average molecular weight is 420 g/mol. The van der Waals surface area contributed by atoms with Crippen molar-refractivity contribution in [1.82, 2.24) is 14.5 Å². The second-order valence-electron chi connectivity index (χ2n) is 7.45. The number of hydrogen-bond acceptors (Lipinski definition) is 4. The van der Waals surface area contributed by atoms with Gasteiger partial charge in [-0.1, -0.05) is 23.7 Å². The molecule has 0 spiro atoms. The SMILES string of the molecule is COc1cc(-n2ccc3ccc(Cl)cc32)cc2c1OCCN(Cc1cccnc1)C2. The molecule has 0 amide bonds. The highest BCUT2D eigenvalue weighted by Gasteiger charge is 2.21. The lowest BCUT2D eigenvalue weighted by Gasteiger charge is -2.20. The van der Waals surface area contributed by atoms with Crippen molar-refractivity contribution in [1.29, 1.82) is 0 Å². The van der Waals surface area contributed by atoms with Crippen LogP contribution in [0.4, 0.5) is 0 Å². The Hall–Kier alpha value is -3.02. The lowest BCUT2D eigenvalue weighted by molar-refractivity contribution is 0.216. The third-order valence-corrected chi connectivity index (χ3v) is 5.68. The third kappa shape index (κ3) is 3.62. The molecule has 0 fully saturated rings. The van der Waals surface area contributed by atoms with Gasteiger partial charge in [0.25, 0.3) is 0 Å². The zero-order valence-electron chi connectivity index (χ0n) is 16.7. The molecular formula is C24H22ClN3O2. The fourth-order valence-electron chi connectivity index (χ4n) is 4.02. The van der Waals surface area contributed by atoms with Crippen molar-refractivity contribution in [3.05, 3.63) is 83.3 Å². The summed E-state index contributed by atoms with van der Waals surface area (Å²) in [4.78, 5) is 6.61.